The normalized spacial score (nSPS) is 17.8. The zero-order valence-corrected chi connectivity index (χ0v) is 11.0. The van der Waals surface area contributed by atoms with Crippen LogP contribution in [0.1, 0.15) is 25.8 Å². The third-order valence-corrected chi connectivity index (χ3v) is 3.47. The van der Waals surface area contributed by atoms with Gasteiger partial charge in [0.1, 0.15) is 6.29 Å². The van der Waals surface area contributed by atoms with Crippen LogP contribution in [0.5, 0.6) is 0 Å². The molecule has 4 atom stereocenters. The third kappa shape index (κ3) is 4.24. The van der Waals surface area contributed by atoms with Crippen LogP contribution < -0.4 is 0 Å². The summed E-state index contributed by atoms with van der Waals surface area (Å²) in [4.78, 5) is 10.6. The van der Waals surface area contributed by atoms with Gasteiger partial charge in [0.2, 0.25) is 0 Å². The molecular formula is C15H22O3. The maximum atomic E-state index is 10.6. The van der Waals surface area contributed by atoms with E-state index in [4.69, 9.17) is 0 Å². The van der Waals surface area contributed by atoms with Crippen LogP contribution in [0.15, 0.2) is 30.3 Å². The van der Waals surface area contributed by atoms with Crippen LogP contribution in [-0.4, -0.2) is 28.7 Å². The number of benzene rings is 1. The van der Waals surface area contributed by atoms with E-state index in [-0.39, 0.29) is 5.92 Å². The van der Waals surface area contributed by atoms with Gasteiger partial charge in [-0.15, -0.1) is 0 Å². The van der Waals surface area contributed by atoms with E-state index in [1.165, 1.54) is 5.56 Å². The van der Waals surface area contributed by atoms with Gasteiger partial charge in [-0.25, -0.2) is 0 Å². The Morgan fingerprint density at radius 1 is 1.17 bits per heavy atom. The number of hydrogen-bond acceptors (Lipinski definition) is 3. The molecule has 2 N–H and O–H groups in total. The smallest absolute Gasteiger partial charge is 0.125 e. The van der Waals surface area contributed by atoms with Gasteiger partial charge < -0.3 is 15.0 Å². The first-order chi connectivity index (χ1) is 8.56. The number of hydrogen-bond donors (Lipinski definition) is 2. The van der Waals surface area contributed by atoms with Crippen molar-refractivity contribution in [1.82, 2.24) is 0 Å². The van der Waals surface area contributed by atoms with Crippen LogP contribution >= 0.6 is 0 Å². The van der Waals surface area contributed by atoms with E-state index in [0.29, 0.717) is 6.42 Å². The number of aliphatic hydroxyl groups excluding tert-OH is 2. The van der Waals surface area contributed by atoms with Crippen molar-refractivity contribution in [2.45, 2.75) is 38.9 Å². The first-order valence-corrected chi connectivity index (χ1v) is 6.41. The van der Waals surface area contributed by atoms with Crippen LogP contribution in [0.2, 0.25) is 0 Å². The number of aliphatic hydroxyl groups is 2. The summed E-state index contributed by atoms with van der Waals surface area (Å²) in [6.45, 7) is 3.44. The molecule has 0 unspecified atom stereocenters. The van der Waals surface area contributed by atoms with Gasteiger partial charge in [-0.05, 0) is 18.4 Å². The lowest BCUT2D eigenvalue weighted by Gasteiger charge is -2.26. The number of carbonyl (C=O) groups is 1. The van der Waals surface area contributed by atoms with E-state index in [1.807, 2.05) is 30.3 Å². The van der Waals surface area contributed by atoms with Gasteiger partial charge >= 0.3 is 0 Å². The fraction of sp³-hybridized carbons (Fsp3) is 0.533. The summed E-state index contributed by atoms with van der Waals surface area (Å²) in [7, 11) is 0. The van der Waals surface area contributed by atoms with Crippen molar-refractivity contribution in [1.29, 1.82) is 0 Å². The molecule has 3 nitrogen and oxygen atoms in total. The molecule has 0 saturated heterocycles. The molecule has 0 aliphatic heterocycles. The minimum absolute atomic E-state index is 0.297. The highest BCUT2D eigenvalue weighted by Gasteiger charge is 2.26. The topological polar surface area (TPSA) is 57.5 Å². The van der Waals surface area contributed by atoms with Crippen LogP contribution in [0, 0.1) is 11.8 Å². The van der Waals surface area contributed by atoms with Gasteiger partial charge in [-0.3, -0.25) is 0 Å². The predicted molar refractivity (Wildman–Crippen MR) is 71.2 cm³/mol. The fourth-order valence-electron chi connectivity index (χ4n) is 2.01. The van der Waals surface area contributed by atoms with Crippen LogP contribution in [0.4, 0.5) is 0 Å². The summed E-state index contributed by atoms with van der Waals surface area (Å²) in [6.07, 6.45) is 0.712. The Balaban J connectivity index is 2.45. The zero-order chi connectivity index (χ0) is 13.5. The van der Waals surface area contributed by atoms with Crippen molar-refractivity contribution >= 4 is 6.29 Å². The zero-order valence-electron chi connectivity index (χ0n) is 11.0. The first kappa shape index (κ1) is 14.9. The molecule has 0 fully saturated rings. The number of carbonyl (C=O) groups excluding carboxylic acids is 1. The molecular weight excluding hydrogens is 228 g/mol. The third-order valence-electron chi connectivity index (χ3n) is 3.47. The highest BCUT2D eigenvalue weighted by atomic mass is 16.3. The van der Waals surface area contributed by atoms with Gasteiger partial charge in [0.25, 0.3) is 0 Å². The van der Waals surface area contributed by atoms with Gasteiger partial charge in [-0.2, -0.15) is 0 Å². The molecule has 0 aromatic heterocycles. The molecule has 1 aromatic rings. The van der Waals surface area contributed by atoms with E-state index < -0.39 is 18.1 Å². The van der Waals surface area contributed by atoms with Gasteiger partial charge in [-0.1, -0.05) is 44.2 Å². The Bertz CT molecular complexity index is 350. The van der Waals surface area contributed by atoms with Gasteiger partial charge in [0.05, 0.1) is 12.2 Å². The summed E-state index contributed by atoms with van der Waals surface area (Å²) < 4.78 is 0. The average molecular weight is 250 g/mol. The molecule has 0 saturated carbocycles. The Morgan fingerprint density at radius 2 is 1.78 bits per heavy atom. The van der Waals surface area contributed by atoms with Gasteiger partial charge in [0, 0.05) is 11.8 Å². The Hall–Kier alpha value is -1.19. The molecule has 0 bridgehead atoms. The molecule has 18 heavy (non-hydrogen) atoms. The van der Waals surface area contributed by atoms with Crippen LogP contribution in [0.25, 0.3) is 0 Å². The predicted octanol–water partition coefficient (Wildman–Crippen LogP) is 1.81. The molecule has 0 radical (unpaired) electrons. The summed E-state index contributed by atoms with van der Waals surface area (Å²) in [6, 6.07) is 9.92. The highest BCUT2D eigenvalue weighted by molar-refractivity contribution is 5.53. The number of aryl methyl sites for hydroxylation is 1. The average Bonchev–Trinajstić information content (AvgIpc) is 2.43. The maximum Gasteiger partial charge on any atom is 0.125 e. The van der Waals surface area contributed by atoms with E-state index in [2.05, 4.69) is 0 Å². The second-order valence-electron chi connectivity index (χ2n) is 4.94. The lowest BCUT2D eigenvalue weighted by atomic mass is 9.87. The number of rotatable bonds is 7. The van der Waals surface area contributed by atoms with E-state index in [1.54, 1.807) is 13.8 Å². The first-order valence-electron chi connectivity index (χ1n) is 6.41. The molecule has 0 spiro atoms. The Morgan fingerprint density at radius 3 is 2.33 bits per heavy atom. The van der Waals surface area contributed by atoms with Crippen molar-refractivity contribution in [3.05, 3.63) is 35.9 Å². The quantitative estimate of drug-likeness (QED) is 0.726. The van der Waals surface area contributed by atoms with Crippen molar-refractivity contribution in [3.8, 4) is 0 Å². The molecule has 0 aliphatic carbocycles. The molecule has 0 amide bonds. The molecule has 3 heteroatoms. The molecule has 1 rings (SSSR count). The second-order valence-corrected chi connectivity index (χ2v) is 4.94. The molecule has 100 valence electrons. The van der Waals surface area contributed by atoms with Gasteiger partial charge in [0.15, 0.2) is 0 Å². The summed E-state index contributed by atoms with van der Waals surface area (Å²) in [5.74, 6) is -0.736. The molecule has 0 aliphatic rings. The van der Waals surface area contributed by atoms with E-state index in [0.717, 1.165) is 12.7 Å². The molecule has 0 heterocycles. The Kier molecular flexibility index (Phi) is 6.02. The minimum atomic E-state index is -0.784. The summed E-state index contributed by atoms with van der Waals surface area (Å²) in [5.41, 5.74) is 1.17. The lowest BCUT2D eigenvalue weighted by Crippen LogP contribution is -2.34. The van der Waals surface area contributed by atoms with Crippen molar-refractivity contribution < 1.29 is 15.0 Å². The van der Waals surface area contributed by atoms with Crippen LogP contribution in [0.3, 0.4) is 0 Å². The highest BCUT2D eigenvalue weighted by Crippen LogP contribution is 2.19. The molecule has 1 aromatic carbocycles. The maximum absolute atomic E-state index is 10.6. The van der Waals surface area contributed by atoms with E-state index in [9.17, 15) is 15.0 Å². The standard InChI is InChI=1S/C15H22O3/c1-11(10-16)15(18)12(2)14(17)9-8-13-6-4-3-5-7-13/h3-7,10-12,14-15,17-18H,8-9H2,1-2H3/t11-,12+,14-,15+/m0/s1. The monoisotopic (exact) mass is 250 g/mol. The minimum Gasteiger partial charge on any atom is -0.393 e. The number of aldehydes is 1. The second kappa shape index (κ2) is 7.29. The van der Waals surface area contributed by atoms with Crippen molar-refractivity contribution in [2.75, 3.05) is 0 Å². The Labute approximate surface area is 108 Å². The van der Waals surface area contributed by atoms with Crippen molar-refractivity contribution in [3.63, 3.8) is 0 Å². The summed E-state index contributed by atoms with van der Waals surface area (Å²) in [5, 5.41) is 19.9. The van der Waals surface area contributed by atoms with E-state index >= 15 is 0 Å². The van der Waals surface area contributed by atoms with Crippen LogP contribution in [-0.2, 0) is 11.2 Å². The largest absolute Gasteiger partial charge is 0.393 e. The SMILES string of the molecule is C[C@@H]([C@H](O)[C@@H](C)C=O)[C@@H](O)CCc1ccccc1. The summed E-state index contributed by atoms with van der Waals surface area (Å²) >= 11 is 0. The lowest BCUT2D eigenvalue weighted by molar-refractivity contribution is -0.116. The fourth-order valence-corrected chi connectivity index (χ4v) is 2.01. The van der Waals surface area contributed by atoms with Crippen molar-refractivity contribution in [2.24, 2.45) is 11.8 Å².